The number of ether oxygens (including phenoxy) is 1. The quantitative estimate of drug-likeness (QED) is 0.823. The summed E-state index contributed by atoms with van der Waals surface area (Å²) in [5, 5.41) is 8.82. The zero-order valence-electron chi connectivity index (χ0n) is 15.4. The van der Waals surface area contributed by atoms with E-state index in [1.54, 1.807) is 0 Å². The van der Waals surface area contributed by atoms with Gasteiger partial charge in [0.2, 0.25) is 5.91 Å². The predicted molar refractivity (Wildman–Crippen MR) is 106 cm³/mol. The molecule has 0 aliphatic carbocycles. The molecule has 7 nitrogen and oxygen atoms in total. The molecule has 2 aromatic carbocycles. The Labute approximate surface area is 163 Å². The van der Waals surface area contributed by atoms with Gasteiger partial charge < -0.3 is 15.8 Å². The van der Waals surface area contributed by atoms with E-state index in [0.29, 0.717) is 18.9 Å². The SMILES string of the molecule is NC(=O)C1CC(C(=O)NCC2COc3ccccc3C2)=NN1c1ccccc1. The van der Waals surface area contributed by atoms with Crippen LogP contribution in [0.2, 0.25) is 0 Å². The molecule has 0 spiro atoms. The van der Waals surface area contributed by atoms with Gasteiger partial charge in [0.25, 0.3) is 5.91 Å². The highest BCUT2D eigenvalue weighted by Crippen LogP contribution is 2.27. The summed E-state index contributed by atoms with van der Waals surface area (Å²) in [4.78, 5) is 24.5. The van der Waals surface area contributed by atoms with Crippen molar-refractivity contribution in [1.82, 2.24) is 5.32 Å². The van der Waals surface area contributed by atoms with Gasteiger partial charge in [-0.2, -0.15) is 5.10 Å². The van der Waals surface area contributed by atoms with Crippen molar-refractivity contribution in [3.8, 4) is 5.75 Å². The first kappa shape index (κ1) is 18.0. The molecule has 0 fully saturated rings. The highest BCUT2D eigenvalue weighted by atomic mass is 16.5. The van der Waals surface area contributed by atoms with Crippen LogP contribution in [0.25, 0.3) is 0 Å². The van der Waals surface area contributed by atoms with Crippen LogP contribution in [0.15, 0.2) is 59.7 Å². The number of primary amides is 1. The van der Waals surface area contributed by atoms with Crippen molar-refractivity contribution in [2.24, 2.45) is 16.8 Å². The molecule has 7 heteroatoms. The predicted octanol–water partition coefficient (Wildman–Crippen LogP) is 1.47. The number of hydrogen-bond acceptors (Lipinski definition) is 5. The summed E-state index contributed by atoms with van der Waals surface area (Å²) < 4.78 is 5.77. The maximum atomic E-state index is 12.6. The van der Waals surface area contributed by atoms with Crippen molar-refractivity contribution in [3.63, 3.8) is 0 Å². The zero-order chi connectivity index (χ0) is 19.5. The van der Waals surface area contributed by atoms with E-state index in [0.717, 1.165) is 23.4 Å². The van der Waals surface area contributed by atoms with E-state index >= 15 is 0 Å². The molecule has 3 N–H and O–H groups in total. The zero-order valence-corrected chi connectivity index (χ0v) is 15.4. The summed E-state index contributed by atoms with van der Waals surface area (Å²) >= 11 is 0. The Balaban J connectivity index is 1.40. The summed E-state index contributed by atoms with van der Waals surface area (Å²) in [5.74, 6) is 0.322. The Kier molecular flexibility index (Phi) is 4.97. The number of nitrogens with zero attached hydrogens (tertiary/aromatic N) is 2. The number of carbonyl (C=O) groups is 2. The maximum absolute atomic E-state index is 12.6. The van der Waals surface area contributed by atoms with Crippen LogP contribution in [0.4, 0.5) is 5.69 Å². The van der Waals surface area contributed by atoms with E-state index in [-0.39, 0.29) is 18.2 Å². The van der Waals surface area contributed by atoms with Crippen LogP contribution < -0.4 is 20.8 Å². The van der Waals surface area contributed by atoms with E-state index in [9.17, 15) is 9.59 Å². The fourth-order valence-corrected chi connectivity index (χ4v) is 3.55. The highest BCUT2D eigenvalue weighted by Gasteiger charge is 2.35. The van der Waals surface area contributed by atoms with Crippen molar-refractivity contribution in [3.05, 3.63) is 60.2 Å². The van der Waals surface area contributed by atoms with E-state index in [2.05, 4.69) is 10.4 Å². The molecule has 4 rings (SSSR count). The molecule has 2 aliphatic rings. The van der Waals surface area contributed by atoms with Gasteiger partial charge in [-0.25, -0.2) is 0 Å². The summed E-state index contributed by atoms with van der Waals surface area (Å²) in [7, 11) is 0. The molecule has 0 radical (unpaired) electrons. The lowest BCUT2D eigenvalue weighted by Gasteiger charge is -2.25. The Morgan fingerprint density at radius 1 is 1.11 bits per heavy atom. The number of amides is 2. The highest BCUT2D eigenvalue weighted by molar-refractivity contribution is 6.40. The van der Waals surface area contributed by atoms with Gasteiger partial charge in [0.1, 0.15) is 17.5 Å². The fraction of sp³-hybridized carbons (Fsp3) is 0.286. The number of anilines is 1. The Bertz CT molecular complexity index is 913. The van der Waals surface area contributed by atoms with Crippen molar-refractivity contribution in [1.29, 1.82) is 0 Å². The van der Waals surface area contributed by atoms with Crippen LogP contribution in [0, 0.1) is 5.92 Å². The molecule has 2 atom stereocenters. The molecule has 0 bridgehead atoms. The molecule has 2 amide bonds. The van der Waals surface area contributed by atoms with Crippen molar-refractivity contribution >= 4 is 23.2 Å². The van der Waals surface area contributed by atoms with Gasteiger partial charge in [-0.3, -0.25) is 14.6 Å². The Morgan fingerprint density at radius 3 is 2.64 bits per heavy atom. The number of fused-ring (bicyclic) bond motifs is 1. The third kappa shape index (κ3) is 3.69. The fourth-order valence-electron chi connectivity index (χ4n) is 3.55. The lowest BCUT2D eigenvalue weighted by Crippen LogP contribution is -2.40. The minimum atomic E-state index is -0.659. The number of nitrogens with two attached hydrogens (primary N) is 1. The molecule has 0 saturated carbocycles. The first-order valence-electron chi connectivity index (χ1n) is 9.32. The first-order chi connectivity index (χ1) is 13.6. The molecule has 2 heterocycles. The molecule has 2 aliphatic heterocycles. The summed E-state index contributed by atoms with van der Waals surface area (Å²) in [6.07, 6.45) is 1.04. The average molecular weight is 378 g/mol. The topological polar surface area (TPSA) is 97.0 Å². The lowest BCUT2D eigenvalue weighted by molar-refractivity contribution is -0.119. The van der Waals surface area contributed by atoms with Crippen molar-refractivity contribution in [2.75, 3.05) is 18.2 Å². The summed E-state index contributed by atoms with van der Waals surface area (Å²) in [6, 6.07) is 16.5. The van der Waals surface area contributed by atoms with E-state index < -0.39 is 11.9 Å². The van der Waals surface area contributed by atoms with Crippen LogP contribution in [-0.4, -0.2) is 36.7 Å². The van der Waals surface area contributed by atoms with Gasteiger partial charge in [-0.05, 0) is 30.2 Å². The lowest BCUT2D eigenvalue weighted by atomic mass is 9.96. The third-order valence-electron chi connectivity index (χ3n) is 5.03. The summed E-state index contributed by atoms with van der Waals surface area (Å²) in [5.41, 5.74) is 7.71. The van der Waals surface area contributed by atoms with Crippen LogP contribution in [0.1, 0.15) is 12.0 Å². The number of nitrogens with one attached hydrogen (secondary N) is 1. The largest absolute Gasteiger partial charge is 0.493 e. The minimum absolute atomic E-state index is 0.193. The number of rotatable bonds is 5. The van der Waals surface area contributed by atoms with Gasteiger partial charge in [0.15, 0.2) is 0 Å². The molecule has 2 aromatic rings. The van der Waals surface area contributed by atoms with Gasteiger partial charge in [-0.15, -0.1) is 0 Å². The molecule has 0 saturated heterocycles. The number of carbonyl (C=O) groups excluding carboxylic acids is 2. The van der Waals surface area contributed by atoms with Gasteiger partial charge in [0, 0.05) is 18.9 Å². The summed E-state index contributed by atoms with van der Waals surface area (Å²) in [6.45, 7) is 1.04. The molecule has 28 heavy (non-hydrogen) atoms. The van der Waals surface area contributed by atoms with Crippen molar-refractivity contribution in [2.45, 2.75) is 18.9 Å². The van der Waals surface area contributed by atoms with Gasteiger partial charge in [-0.1, -0.05) is 36.4 Å². The molecule has 0 aromatic heterocycles. The van der Waals surface area contributed by atoms with Gasteiger partial charge in [0.05, 0.1) is 12.3 Å². The monoisotopic (exact) mass is 378 g/mol. The molecular formula is C21H22N4O3. The number of hydrogen-bond donors (Lipinski definition) is 2. The first-order valence-corrected chi connectivity index (χ1v) is 9.32. The van der Waals surface area contributed by atoms with E-state index in [4.69, 9.17) is 10.5 Å². The second kappa shape index (κ2) is 7.72. The van der Waals surface area contributed by atoms with Crippen LogP contribution in [0.3, 0.4) is 0 Å². The molecule has 2 unspecified atom stereocenters. The molecule has 144 valence electrons. The Morgan fingerprint density at radius 2 is 1.86 bits per heavy atom. The normalized spacial score (nSPS) is 20.7. The smallest absolute Gasteiger partial charge is 0.267 e. The average Bonchev–Trinajstić information content (AvgIpc) is 3.18. The second-order valence-corrected chi connectivity index (χ2v) is 7.05. The van der Waals surface area contributed by atoms with Crippen LogP contribution in [0.5, 0.6) is 5.75 Å². The van der Waals surface area contributed by atoms with E-state index in [1.165, 1.54) is 5.01 Å². The second-order valence-electron chi connectivity index (χ2n) is 7.05. The number of para-hydroxylation sites is 2. The minimum Gasteiger partial charge on any atom is -0.493 e. The van der Waals surface area contributed by atoms with Crippen LogP contribution >= 0.6 is 0 Å². The number of hydrazone groups is 1. The third-order valence-corrected chi connectivity index (χ3v) is 5.03. The van der Waals surface area contributed by atoms with Gasteiger partial charge >= 0.3 is 0 Å². The standard InChI is InChI=1S/C21H22N4O3/c22-20(26)18-11-17(24-25(18)16-7-2-1-3-8-16)21(27)23-12-14-10-15-6-4-5-9-19(15)28-13-14/h1-9,14,18H,10-13H2,(H2,22,26)(H,23,27). The van der Waals surface area contributed by atoms with Crippen molar-refractivity contribution < 1.29 is 14.3 Å². The molecular weight excluding hydrogens is 356 g/mol. The van der Waals surface area contributed by atoms with Crippen LogP contribution in [-0.2, 0) is 16.0 Å². The maximum Gasteiger partial charge on any atom is 0.267 e. The Hall–Kier alpha value is -3.35. The van der Waals surface area contributed by atoms with E-state index in [1.807, 2.05) is 54.6 Å². The number of benzene rings is 2.